The Labute approximate surface area is 214 Å². The van der Waals surface area contributed by atoms with Crippen LogP contribution in [0.1, 0.15) is 25.3 Å². The Morgan fingerprint density at radius 2 is 1.79 bits per heavy atom. The molecule has 0 saturated carbocycles. The molecule has 1 unspecified atom stereocenters. The van der Waals surface area contributed by atoms with Gasteiger partial charge in [0.25, 0.3) is 0 Å². The van der Waals surface area contributed by atoms with Gasteiger partial charge in [-0.05, 0) is 25.5 Å². The molecule has 186 valence electrons. The number of rotatable bonds is 9. The topological polar surface area (TPSA) is 77.1 Å². The first-order valence-corrected chi connectivity index (χ1v) is 13.0. The van der Waals surface area contributed by atoms with Gasteiger partial charge in [-0.2, -0.15) is 11.8 Å². The third kappa shape index (κ3) is 6.49. The molecule has 2 aliphatic heterocycles. The highest BCUT2D eigenvalue weighted by molar-refractivity contribution is 7.99. The van der Waals surface area contributed by atoms with Crippen LogP contribution in [0.5, 0.6) is 0 Å². The van der Waals surface area contributed by atoms with Gasteiger partial charge >= 0.3 is 11.9 Å². The van der Waals surface area contributed by atoms with Crippen molar-refractivity contribution in [3.8, 4) is 0 Å². The molecule has 7 nitrogen and oxygen atoms in total. The normalized spacial score (nSPS) is 19.1. The summed E-state index contributed by atoms with van der Waals surface area (Å²) in [6.45, 7) is 8.25. The van der Waals surface area contributed by atoms with Crippen LogP contribution in [0.25, 0.3) is 0 Å². The minimum absolute atomic E-state index is 0.260. The van der Waals surface area contributed by atoms with Gasteiger partial charge in [0.1, 0.15) is 6.61 Å². The predicted octanol–water partition coefficient (Wildman–Crippen LogP) is 4.01. The minimum atomic E-state index is -0.763. The highest BCUT2D eigenvalue weighted by Crippen LogP contribution is 2.43. The summed E-state index contributed by atoms with van der Waals surface area (Å²) in [7, 11) is 1.30. The van der Waals surface area contributed by atoms with Crippen LogP contribution in [0, 0.1) is 0 Å². The molecule has 1 aromatic carbocycles. The number of esters is 2. The van der Waals surface area contributed by atoms with Gasteiger partial charge in [0.05, 0.1) is 47.4 Å². The maximum Gasteiger partial charge on any atom is 0.336 e. The maximum atomic E-state index is 13.2. The van der Waals surface area contributed by atoms with Gasteiger partial charge < -0.3 is 19.5 Å². The fourth-order valence-electron chi connectivity index (χ4n) is 4.09. The average Bonchev–Trinajstić information content (AvgIpc) is 2.82. The fraction of sp³-hybridized carbons (Fsp3) is 0.500. The van der Waals surface area contributed by atoms with E-state index in [-0.39, 0.29) is 11.6 Å². The van der Waals surface area contributed by atoms with Crippen LogP contribution in [-0.2, 0) is 23.8 Å². The molecule has 0 aromatic heterocycles. The van der Waals surface area contributed by atoms with Crippen molar-refractivity contribution in [1.82, 2.24) is 10.2 Å². The molecule has 2 aliphatic rings. The number of nitrogens with zero attached hydrogens (tertiary/aromatic N) is 1. The Bertz CT molecular complexity index is 976. The van der Waals surface area contributed by atoms with E-state index < -0.39 is 17.9 Å². The van der Waals surface area contributed by atoms with E-state index in [0.717, 1.165) is 38.6 Å². The molecular formula is C24H30Cl2N2O5S. The number of carbonyl (C=O) groups excluding carboxylic acids is 2. The number of allylic oxidation sites excluding steroid dienone is 2. The molecule has 0 amide bonds. The highest BCUT2D eigenvalue weighted by atomic mass is 35.5. The molecule has 1 aromatic rings. The van der Waals surface area contributed by atoms with Crippen molar-refractivity contribution in [1.29, 1.82) is 0 Å². The standard InChI is InChI=1S/C24H30Cl2N2O5S/c1-15-19(23(29)31-3)21(17-5-4-6-18(25)22(17)26)20(16(2)27-15)24(30)33-12-14-34-13-9-28-7-10-32-11-8-28/h4-6,21,27H,7-14H2,1-3H3. The highest BCUT2D eigenvalue weighted by Gasteiger charge is 2.39. The van der Waals surface area contributed by atoms with Crippen LogP contribution in [0.15, 0.2) is 40.7 Å². The number of morpholine rings is 1. The van der Waals surface area contributed by atoms with Crippen LogP contribution < -0.4 is 5.32 Å². The van der Waals surface area contributed by atoms with E-state index >= 15 is 0 Å². The summed E-state index contributed by atoms with van der Waals surface area (Å²) in [4.78, 5) is 28.3. The molecule has 0 bridgehead atoms. The third-order valence-electron chi connectivity index (χ3n) is 5.79. The van der Waals surface area contributed by atoms with Gasteiger partial charge in [0.2, 0.25) is 0 Å². The van der Waals surface area contributed by atoms with Crippen LogP contribution in [0.3, 0.4) is 0 Å². The number of carbonyl (C=O) groups is 2. The lowest BCUT2D eigenvalue weighted by atomic mass is 9.80. The Kier molecular flexibility index (Phi) is 10.2. The summed E-state index contributed by atoms with van der Waals surface area (Å²) in [5, 5.41) is 3.73. The first kappa shape index (κ1) is 26.9. The summed E-state index contributed by atoms with van der Waals surface area (Å²) >= 11 is 14.5. The molecule has 2 heterocycles. The summed E-state index contributed by atoms with van der Waals surface area (Å²) in [5.41, 5.74) is 2.33. The van der Waals surface area contributed by atoms with E-state index in [0.29, 0.717) is 38.9 Å². The zero-order valence-corrected chi connectivity index (χ0v) is 21.9. The van der Waals surface area contributed by atoms with Gasteiger partial charge in [0, 0.05) is 42.5 Å². The van der Waals surface area contributed by atoms with Crippen molar-refractivity contribution < 1.29 is 23.8 Å². The van der Waals surface area contributed by atoms with Crippen molar-refractivity contribution in [2.24, 2.45) is 0 Å². The van der Waals surface area contributed by atoms with Crippen molar-refractivity contribution in [3.05, 3.63) is 56.3 Å². The lowest BCUT2D eigenvalue weighted by Crippen LogP contribution is -2.37. The number of halogens is 2. The van der Waals surface area contributed by atoms with Crippen molar-refractivity contribution in [2.75, 3.05) is 58.1 Å². The van der Waals surface area contributed by atoms with Crippen molar-refractivity contribution in [2.45, 2.75) is 19.8 Å². The van der Waals surface area contributed by atoms with Crippen LogP contribution in [-0.4, -0.2) is 74.9 Å². The molecule has 0 aliphatic carbocycles. The first-order chi connectivity index (χ1) is 16.3. The Morgan fingerprint density at radius 1 is 1.12 bits per heavy atom. The smallest absolute Gasteiger partial charge is 0.336 e. The largest absolute Gasteiger partial charge is 0.466 e. The maximum absolute atomic E-state index is 13.2. The SMILES string of the molecule is COC(=O)C1=C(C)NC(C)=C(C(=O)OCCSCCN2CCOCC2)C1c1cccc(Cl)c1Cl. The molecule has 1 fully saturated rings. The number of thioether (sulfide) groups is 1. The number of nitrogens with one attached hydrogen (secondary N) is 1. The Balaban J connectivity index is 1.71. The summed E-state index contributed by atoms with van der Waals surface area (Å²) in [6, 6.07) is 5.15. The van der Waals surface area contributed by atoms with Crippen LogP contribution >= 0.6 is 35.0 Å². The van der Waals surface area contributed by atoms with Crippen molar-refractivity contribution >= 4 is 46.9 Å². The second kappa shape index (κ2) is 12.8. The second-order valence-corrected chi connectivity index (χ2v) is 9.98. The summed E-state index contributed by atoms with van der Waals surface area (Å²) < 4.78 is 16.0. The number of hydrogen-bond donors (Lipinski definition) is 1. The number of benzene rings is 1. The second-order valence-electron chi connectivity index (χ2n) is 7.97. The summed E-state index contributed by atoms with van der Waals surface area (Å²) in [6.07, 6.45) is 0. The number of ether oxygens (including phenoxy) is 3. The Morgan fingerprint density at radius 3 is 2.47 bits per heavy atom. The van der Waals surface area contributed by atoms with E-state index in [1.54, 1.807) is 43.8 Å². The first-order valence-electron chi connectivity index (χ1n) is 11.1. The van der Waals surface area contributed by atoms with Gasteiger partial charge in [-0.1, -0.05) is 35.3 Å². The van der Waals surface area contributed by atoms with E-state index in [4.69, 9.17) is 37.4 Å². The molecule has 1 N–H and O–H groups in total. The minimum Gasteiger partial charge on any atom is -0.466 e. The Hall–Kier alpha value is -1.71. The quantitative estimate of drug-likeness (QED) is 0.380. The fourth-order valence-corrected chi connectivity index (χ4v) is 5.30. The molecule has 1 atom stereocenters. The van der Waals surface area contributed by atoms with Gasteiger partial charge in [-0.15, -0.1) is 0 Å². The van der Waals surface area contributed by atoms with Gasteiger partial charge in [-0.25, -0.2) is 9.59 Å². The zero-order chi connectivity index (χ0) is 24.7. The monoisotopic (exact) mass is 528 g/mol. The lowest BCUT2D eigenvalue weighted by molar-refractivity contribution is -0.139. The van der Waals surface area contributed by atoms with E-state index in [1.165, 1.54) is 7.11 Å². The lowest BCUT2D eigenvalue weighted by Gasteiger charge is -2.31. The predicted molar refractivity (Wildman–Crippen MR) is 135 cm³/mol. The molecule has 10 heteroatoms. The third-order valence-corrected chi connectivity index (χ3v) is 7.55. The molecule has 34 heavy (non-hydrogen) atoms. The number of hydrogen-bond acceptors (Lipinski definition) is 8. The molecular weight excluding hydrogens is 499 g/mol. The zero-order valence-electron chi connectivity index (χ0n) is 19.6. The van der Waals surface area contributed by atoms with Gasteiger partial charge in [-0.3, -0.25) is 4.90 Å². The number of dihydropyridines is 1. The molecule has 1 saturated heterocycles. The van der Waals surface area contributed by atoms with Crippen LogP contribution in [0.4, 0.5) is 0 Å². The van der Waals surface area contributed by atoms with E-state index in [1.807, 2.05) is 0 Å². The number of methoxy groups -OCH3 is 1. The van der Waals surface area contributed by atoms with Crippen LogP contribution in [0.2, 0.25) is 10.0 Å². The average molecular weight is 529 g/mol. The van der Waals surface area contributed by atoms with E-state index in [9.17, 15) is 9.59 Å². The summed E-state index contributed by atoms with van der Waals surface area (Å²) in [5.74, 6) is -0.190. The van der Waals surface area contributed by atoms with E-state index in [2.05, 4.69) is 10.2 Å². The van der Waals surface area contributed by atoms with Crippen molar-refractivity contribution in [3.63, 3.8) is 0 Å². The molecule has 0 radical (unpaired) electrons. The molecule has 0 spiro atoms. The molecule has 3 rings (SSSR count). The van der Waals surface area contributed by atoms with Gasteiger partial charge in [0.15, 0.2) is 0 Å².